The molecule has 0 spiro atoms. The van der Waals surface area contributed by atoms with Crippen LogP contribution in [0.2, 0.25) is 0 Å². The summed E-state index contributed by atoms with van der Waals surface area (Å²) in [6, 6.07) is 0. The number of halogens is 1. The SMILES string of the molecule is C=CCNC(=NCC(C)(C)CN(C)C)NCC.I. The topological polar surface area (TPSA) is 39.7 Å². The Morgan fingerprint density at radius 3 is 2.39 bits per heavy atom. The molecule has 0 fully saturated rings. The van der Waals surface area contributed by atoms with Gasteiger partial charge in [0.15, 0.2) is 5.96 Å². The zero-order chi connectivity index (χ0) is 13.3. The predicted molar refractivity (Wildman–Crippen MR) is 91.9 cm³/mol. The van der Waals surface area contributed by atoms with Crippen molar-refractivity contribution in [3.8, 4) is 0 Å². The maximum atomic E-state index is 4.60. The Bertz CT molecular complexity index is 249. The Kier molecular flexibility index (Phi) is 11.8. The molecule has 0 aromatic heterocycles. The fraction of sp³-hybridized carbons (Fsp3) is 0.769. The molecule has 0 rings (SSSR count). The molecule has 5 heteroatoms. The lowest BCUT2D eigenvalue weighted by Crippen LogP contribution is -2.39. The number of aliphatic imine (C=N–C) groups is 1. The van der Waals surface area contributed by atoms with Crippen LogP contribution in [0.5, 0.6) is 0 Å². The average molecular weight is 368 g/mol. The maximum absolute atomic E-state index is 4.60. The van der Waals surface area contributed by atoms with Crippen molar-refractivity contribution in [3.63, 3.8) is 0 Å². The number of hydrogen-bond donors (Lipinski definition) is 2. The molecular formula is C13H29IN4. The third-order valence-electron chi connectivity index (χ3n) is 2.17. The van der Waals surface area contributed by atoms with Crippen molar-refractivity contribution in [2.75, 3.05) is 40.3 Å². The molecule has 0 aliphatic rings. The first kappa shape index (κ1) is 20.0. The lowest BCUT2D eigenvalue weighted by Gasteiger charge is -2.26. The Morgan fingerprint density at radius 1 is 1.33 bits per heavy atom. The van der Waals surface area contributed by atoms with E-state index in [1.165, 1.54) is 0 Å². The summed E-state index contributed by atoms with van der Waals surface area (Å²) < 4.78 is 0. The molecule has 0 radical (unpaired) electrons. The van der Waals surface area contributed by atoms with E-state index >= 15 is 0 Å². The fourth-order valence-electron chi connectivity index (χ4n) is 1.71. The molecule has 4 nitrogen and oxygen atoms in total. The van der Waals surface area contributed by atoms with Crippen molar-refractivity contribution in [2.45, 2.75) is 20.8 Å². The summed E-state index contributed by atoms with van der Waals surface area (Å²) in [5.74, 6) is 0.860. The second-order valence-electron chi connectivity index (χ2n) is 5.27. The van der Waals surface area contributed by atoms with Crippen LogP contribution in [0.1, 0.15) is 20.8 Å². The number of nitrogens with one attached hydrogen (secondary N) is 2. The molecule has 2 N–H and O–H groups in total. The minimum Gasteiger partial charge on any atom is -0.357 e. The lowest BCUT2D eigenvalue weighted by molar-refractivity contribution is 0.248. The van der Waals surface area contributed by atoms with E-state index in [2.05, 4.69) is 62.0 Å². The van der Waals surface area contributed by atoms with Crippen molar-refractivity contribution < 1.29 is 0 Å². The van der Waals surface area contributed by atoms with Gasteiger partial charge in [0.25, 0.3) is 0 Å². The molecule has 108 valence electrons. The second kappa shape index (κ2) is 10.6. The van der Waals surface area contributed by atoms with E-state index in [9.17, 15) is 0 Å². The van der Waals surface area contributed by atoms with E-state index in [1.54, 1.807) is 0 Å². The highest BCUT2D eigenvalue weighted by Gasteiger charge is 2.18. The first-order valence-electron chi connectivity index (χ1n) is 6.19. The van der Waals surface area contributed by atoms with Gasteiger partial charge in [0.05, 0.1) is 0 Å². The molecule has 0 unspecified atom stereocenters. The third kappa shape index (κ3) is 10.8. The van der Waals surface area contributed by atoms with Gasteiger partial charge < -0.3 is 15.5 Å². The molecule has 0 aromatic rings. The van der Waals surface area contributed by atoms with Crippen LogP contribution in [0.25, 0.3) is 0 Å². The number of hydrogen-bond acceptors (Lipinski definition) is 2. The zero-order valence-corrected chi connectivity index (χ0v) is 14.7. The summed E-state index contributed by atoms with van der Waals surface area (Å²) in [5, 5.41) is 6.42. The minimum atomic E-state index is 0. The highest BCUT2D eigenvalue weighted by molar-refractivity contribution is 14.0. The van der Waals surface area contributed by atoms with Gasteiger partial charge in [-0.15, -0.1) is 30.6 Å². The first-order valence-corrected chi connectivity index (χ1v) is 6.19. The van der Waals surface area contributed by atoms with Crippen LogP contribution in [-0.2, 0) is 0 Å². The quantitative estimate of drug-likeness (QED) is 0.312. The van der Waals surface area contributed by atoms with Crippen molar-refractivity contribution in [1.82, 2.24) is 15.5 Å². The van der Waals surface area contributed by atoms with Crippen LogP contribution in [0.4, 0.5) is 0 Å². The first-order chi connectivity index (χ1) is 7.91. The van der Waals surface area contributed by atoms with Crippen LogP contribution in [-0.4, -0.2) is 51.1 Å². The predicted octanol–water partition coefficient (Wildman–Crippen LogP) is 1.93. The number of rotatable bonds is 7. The van der Waals surface area contributed by atoms with Crippen LogP contribution >= 0.6 is 24.0 Å². The standard InChI is InChI=1S/C13H28N4.HI/c1-7-9-15-12(14-8-2)16-10-13(3,4)11-17(5)6;/h7H,1,8-11H2,2-6H3,(H2,14,15,16);1H. The zero-order valence-electron chi connectivity index (χ0n) is 12.4. The average Bonchev–Trinajstić information content (AvgIpc) is 2.20. The molecular weight excluding hydrogens is 339 g/mol. The summed E-state index contributed by atoms with van der Waals surface area (Å²) in [6.07, 6.45) is 1.83. The van der Waals surface area contributed by atoms with E-state index in [1.807, 2.05) is 6.08 Å². The summed E-state index contributed by atoms with van der Waals surface area (Å²) in [7, 11) is 4.18. The minimum absolute atomic E-state index is 0. The van der Waals surface area contributed by atoms with Gasteiger partial charge in [-0.2, -0.15) is 0 Å². The van der Waals surface area contributed by atoms with Gasteiger partial charge in [-0.3, -0.25) is 4.99 Å². The Hall–Kier alpha value is -0.300. The molecule has 0 bridgehead atoms. The van der Waals surface area contributed by atoms with Crippen LogP contribution in [0.3, 0.4) is 0 Å². The van der Waals surface area contributed by atoms with Gasteiger partial charge in [-0.1, -0.05) is 19.9 Å². The number of guanidine groups is 1. The number of nitrogens with zero attached hydrogens (tertiary/aromatic N) is 2. The smallest absolute Gasteiger partial charge is 0.191 e. The van der Waals surface area contributed by atoms with E-state index in [0.29, 0.717) is 0 Å². The molecule has 0 aliphatic heterocycles. The fourth-order valence-corrected chi connectivity index (χ4v) is 1.71. The molecule has 0 amide bonds. The van der Waals surface area contributed by atoms with Gasteiger partial charge in [-0.25, -0.2) is 0 Å². The Labute approximate surface area is 129 Å². The van der Waals surface area contributed by atoms with Gasteiger partial charge >= 0.3 is 0 Å². The maximum Gasteiger partial charge on any atom is 0.191 e. The molecule has 0 aliphatic carbocycles. The van der Waals surface area contributed by atoms with Gasteiger partial charge in [-0.05, 0) is 26.4 Å². The van der Waals surface area contributed by atoms with Gasteiger partial charge in [0.2, 0.25) is 0 Å². The van der Waals surface area contributed by atoms with Crippen LogP contribution < -0.4 is 10.6 Å². The van der Waals surface area contributed by atoms with Crippen molar-refractivity contribution in [3.05, 3.63) is 12.7 Å². The molecule has 0 saturated carbocycles. The van der Waals surface area contributed by atoms with E-state index in [-0.39, 0.29) is 29.4 Å². The molecule has 0 aromatic carbocycles. The summed E-state index contributed by atoms with van der Waals surface area (Å²) in [5.41, 5.74) is 0.181. The monoisotopic (exact) mass is 368 g/mol. The highest BCUT2D eigenvalue weighted by Crippen LogP contribution is 2.15. The molecule has 0 atom stereocenters. The van der Waals surface area contributed by atoms with Crippen molar-refractivity contribution in [1.29, 1.82) is 0 Å². The molecule has 0 saturated heterocycles. The van der Waals surface area contributed by atoms with Crippen LogP contribution in [0, 0.1) is 5.41 Å². The normalized spacial score (nSPS) is 12.0. The Balaban J connectivity index is 0. The van der Waals surface area contributed by atoms with E-state index in [4.69, 9.17) is 0 Å². The van der Waals surface area contributed by atoms with Gasteiger partial charge in [0, 0.05) is 26.2 Å². The van der Waals surface area contributed by atoms with Crippen LogP contribution in [0.15, 0.2) is 17.6 Å². The van der Waals surface area contributed by atoms with E-state index < -0.39 is 0 Å². The van der Waals surface area contributed by atoms with E-state index in [0.717, 1.165) is 32.1 Å². The summed E-state index contributed by atoms with van der Waals surface area (Å²) in [4.78, 5) is 6.79. The third-order valence-corrected chi connectivity index (χ3v) is 2.17. The summed E-state index contributed by atoms with van der Waals surface area (Å²) in [6.45, 7) is 13.7. The highest BCUT2D eigenvalue weighted by atomic mass is 127. The molecule has 0 heterocycles. The second-order valence-corrected chi connectivity index (χ2v) is 5.27. The lowest BCUT2D eigenvalue weighted by atomic mass is 9.93. The van der Waals surface area contributed by atoms with Crippen molar-refractivity contribution in [2.24, 2.45) is 10.4 Å². The molecule has 18 heavy (non-hydrogen) atoms. The summed E-state index contributed by atoms with van der Waals surface area (Å²) >= 11 is 0. The largest absolute Gasteiger partial charge is 0.357 e. The van der Waals surface area contributed by atoms with Crippen molar-refractivity contribution >= 4 is 29.9 Å². The van der Waals surface area contributed by atoms with Gasteiger partial charge in [0.1, 0.15) is 0 Å². The Morgan fingerprint density at radius 2 is 1.94 bits per heavy atom.